The Labute approximate surface area is 133 Å². The molecule has 3 rings (SSSR count). The van der Waals surface area contributed by atoms with E-state index in [4.69, 9.17) is 12.2 Å². The highest BCUT2D eigenvalue weighted by atomic mass is 32.1. The fraction of sp³-hybridized carbons (Fsp3) is 0.429. The van der Waals surface area contributed by atoms with Crippen molar-refractivity contribution >= 4 is 28.4 Å². The molecule has 116 valence electrons. The maximum absolute atomic E-state index is 12.0. The van der Waals surface area contributed by atoms with Crippen molar-refractivity contribution in [3.63, 3.8) is 0 Å². The average Bonchev–Trinajstić information content (AvgIpc) is 2.99. The summed E-state index contributed by atoms with van der Waals surface area (Å²) in [6, 6.07) is 5.98. The third-order valence-electron chi connectivity index (χ3n) is 3.94. The van der Waals surface area contributed by atoms with Gasteiger partial charge in [0.2, 0.25) is 5.11 Å². The molecule has 1 aromatic heterocycles. The van der Waals surface area contributed by atoms with Crippen LogP contribution in [0.5, 0.6) is 0 Å². The van der Waals surface area contributed by atoms with Crippen LogP contribution in [0, 0.1) is 0 Å². The van der Waals surface area contributed by atoms with Crippen LogP contribution in [0.4, 0.5) is 0 Å². The van der Waals surface area contributed by atoms with Crippen LogP contribution in [0.3, 0.4) is 0 Å². The molecule has 0 spiro atoms. The summed E-state index contributed by atoms with van der Waals surface area (Å²) in [6.45, 7) is 2.64. The van der Waals surface area contributed by atoms with E-state index in [2.05, 4.69) is 15.7 Å². The molecule has 1 aromatic carbocycles. The quantitative estimate of drug-likeness (QED) is 0.871. The van der Waals surface area contributed by atoms with Gasteiger partial charge in [0.05, 0.1) is 11.0 Å². The van der Waals surface area contributed by atoms with Crippen LogP contribution >= 0.6 is 12.2 Å². The van der Waals surface area contributed by atoms with Gasteiger partial charge in [-0.2, -0.15) is 5.11 Å². The van der Waals surface area contributed by atoms with Gasteiger partial charge in [0.15, 0.2) is 6.17 Å². The maximum Gasteiger partial charge on any atom is 0.328 e. The summed E-state index contributed by atoms with van der Waals surface area (Å²) in [7, 11) is 3.56. The first-order chi connectivity index (χ1) is 10.5. The third-order valence-corrected chi connectivity index (χ3v) is 4.21. The molecule has 1 aliphatic rings. The van der Waals surface area contributed by atoms with Gasteiger partial charge in [-0.3, -0.25) is 14.1 Å². The molecule has 8 heteroatoms. The number of hydrogen-bond acceptors (Lipinski definition) is 4. The summed E-state index contributed by atoms with van der Waals surface area (Å²) in [6.07, 6.45) is 0.792. The Morgan fingerprint density at radius 2 is 2.00 bits per heavy atom. The molecule has 0 aliphatic carbocycles. The van der Waals surface area contributed by atoms with E-state index in [1.165, 1.54) is 0 Å². The molecule has 2 aromatic rings. The molecular formula is C14H18N6OS. The van der Waals surface area contributed by atoms with Gasteiger partial charge in [0, 0.05) is 20.6 Å². The normalized spacial score (nSPS) is 17.9. The van der Waals surface area contributed by atoms with Gasteiger partial charge >= 0.3 is 5.69 Å². The maximum atomic E-state index is 12.0. The van der Waals surface area contributed by atoms with Crippen LogP contribution in [0.25, 0.3) is 11.0 Å². The number of nitrogens with one attached hydrogen (secondary N) is 1. The Balaban J connectivity index is 1.82. The second-order valence-corrected chi connectivity index (χ2v) is 5.68. The van der Waals surface area contributed by atoms with E-state index in [0.717, 1.165) is 23.0 Å². The Morgan fingerprint density at radius 3 is 2.73 bits per heavy atom. The number of imidazole rings is 1. The van der Waals surface area contributed by atoms with E-state index < -0.39 is 0 Å². The van der Waals surface area contributed by atoms with Gasteiger partial charge in [0.25, 0.3) is 0 Å². The van der Waals surface area contributed by atoms with Crippen molar-refractivity contribution in [2.24, 2.45) is 24.3 Å². The minimum absolute atomic E-state index is 0.0236. The molecule has 1 atom stereocenters. The van der Waals surface area contributed by atoms with Gasteiger partial charge in [-0.05, 0) is 36.3 Å². The Kier molecular flexibility index (Phi) is 3.79. The fourth-order valence-corrected chi connectivity index (χ4v) is 2.85. The molecule has 22 heavy (non-hydrogen) atoms. The first-order valence-corrected chi connectivity index (χ1v) is 7.55. The van der Waals surface area contributed by atoms with Crippen molar-refractivity contribution in [3.8, 4) is 0 Å². The van der Waals surface area contributed by atoms with E-state index in [1.54, 1.807) is 23.2 Å². The predicted octanol–water partition coefficient (Wildman–Crippen LogP) is 1.67. The van der Waals surface area contributed by atoms with Crippen molar-refractivity contribution in [1.82, 2.24) is 19.6 Å². The zero-order valence-corrected chi connectivity index (χ0v) is 13.6. The molecule has 0 saturated carbocycles. The number of thiocarbonyl (C=S) groups is 1. The van der Waals surface area contributed by atoms with Crippen molar-refractivity contribution in [3.05, 3.63) is 34.2 Å². The topological polar surface area (TPSA) is 66.9 Å². The molecular weight excluding hydrogens is 300 g/mol. The number of hydrazine groups is 1. The number of rotatable bonds is 4. The van der Waals surface area contributed by atoms with E-state index >= 15 is 0 Å². The summed E-state index contributed by atoms with van der Waals surface area (Å²) < 4.78 is 3.30. The van der Waals surface area contributed by atoms with E-state index in [0.29, 0.717) is 11.7 Å². The highest BCUT2D eigenvalue weighted by Crippen LogP contribution is 2.16. The summed E-state index contributed by atoms with van der Waals surface area (Å²) in [4.78, 5) is 12.0. The molecule has 0 radical (unpaired) electrons. The number of fused-ring (bicyclic) bond motifs is 1. The molecule has 0 saturated heterocycles. The zero-order valence-electron chi connectivity index (χ0n) is 12.8. The lowest BCUT2D eigenvalue weighted by atomic mass is 10.2. The summed E-state index contributed by atoms with van der Waals surface area (Å²) in [5.41, 5.74) is 6.14. The SMILES string of the molecule is CCC1N=NC(=S)N1NCc1ccc2c(c1)n(C)c(=O)n2C. The third kappa shape index (κ3) is 2.34. The second kappa shape index (κ2) is 5.62. The first kappa shape index (κ1) is 14.9. The Hall–Kier alpha value is -2.06. The van der Waals surface area contributed by atoms with E-state index in [-0.39, 0.29) is 11.9 Å². The Bertz CT molecular complexity index is 821. The van der Waals surface area contributed by atoms with E-state index in [1.807, 2.05) is 30.1 Å². The number of benzene rings is 1. The molecule has 1 unspecified atom stereocenters. The molecule has 1 aliphatic heterocycles. The number of hydrogen-bond donors (Lipinski definition) is 1. The fourth-order valence-electron chi connectivity index (χ4n) is 2.62. The van der Waals surface area contributed by atoms with Gasteiger partial charge in [-0.1, -0.05) is 13.0 Å². The van der Waals surface area contributed by atoms with Crippen molar-refractivity contribution in [2.45, 2.75) is 26.1 Å². The van der Waals surface area contributed by atoms with Crippen LogP contribution in [-0.2, 0) is 20.6 Å². The monoisotopic (exact) mass is 318 g/mol. The van der Waals surface area contributed by atoms with Crippen molar-refractivity contribution in [1.29, 1.82) is 0 Å². The minimum Gasteiger partial charge on any atom is -0.295 e. The Morgan fingerprint density at radius 1 is 1.27 bits per heavy atom. The highest BCUT2D eigenvalue weighted by molar-refractivity contribution is 7.80. The number of azo groups is 1. The average molecular weight is 318 g/mol. The van der Waals surface area contributed by atoms with Gasteiger partial charge in [-0.15, -0.1) is 5.11 Å². The molecule has 0 fully saturated rings. The highest BCUT2D eigenvalue weighted by Gasteiger charge is 2.24. The van der Waals surface area contributed by atoms with Crippen LogP contribution in [0.1, 0.15) is 18.9 Å². The standard InChI is InChI=1S/C14H18N6OS/c1-4-12-16-17-13(22)20(12)15-8-9-5-6-10-11(7-9)19(3)14(21)18(10)2/h5-7,12,15H,4,8H2,1-3H3. The lowest BCUT2D eigenvalue weighted by Crippen LogP contribution is -2.43. The van der Waals surface area contributed by atoms with Crippen molar-refractivity contribution < 1.29 is 0 Å². The lowest BCUT2D eigenvalue weighted by Gasteiger charge is -2.22. The van der Waals surface area contributed by atoms with Crippen LogP contribution in [0.15, 0.2) is 33.2 Å². The lowest BCUT2D eigenvalue weighted by molar-refractivity contribution is 0.241. The van der Waals surface area contributed by atoms with Gasteiger partial charge < -0.3 is 0 Å². The van der Waals surface area contributed by atoms with E-state index in [9.17, 15) is 4.79 Å². The molecule has 0 amide bonds. The number of nitrogens with zero attached hydrogens (tertiary/aromatic N) is 5. The van der Waals surface area contributed by atoms with Crippen LogP contribution in [0.2, 0.25) is 0 Å². The van der Waals surface area contributed by atoms with Crippen molar-refractivity contribution in [2.75, 3.05) is 0 Å². The number of aryl methyl sites for hydroxylation is 2. The summed E-state index contributed by atoms with van der Waals surface area (Å²) in [5, 5.41) is 10.3. The predicted molar refractivity (Wildman–Crippen MR) is 88.4 cm³/mol. The van der Waals surface area contributed by atoms with Crippen LogP contribution in [-0.4, -0.2) is 25.4 Å². The molecule has 7 nitrogen and oxygen atoms in total. The summed E-state index contributed by atoms with van der Waals surface area (Å²) in [5.74, 6) is 0. The number of aromatic nitrogens is 2. The second-order valence-electron chi connectivity index (χ2n) is 5.32. The minimum atomic E-state index is -0.0442. The van der Waals surface area contributed by atoms with Crippen LogP contribution < -0.4 is 11.1 Å². The van der Waals surface area contributed by atoms with Gasteiger partial charge in [0.1, 0.15) is 0 Å². The molecule has 0 bridgehead atoms. The summed E-state index contributed by atoms with van der Waals surface area (Å²) >= 11 is 5.17. The zero-order chi connectivity index (χ0) is 15.9. The smallest absolute Gasteiger partial charge is 0.295 e. The largest absolute Gasteiger partial charge is 0.328 e. The van der Waals surface area contributed by atoms with Gasteiger partial charge in [-0.25, -0.2) is 10.2 Å². The first-order valence-electron chi connectivity index (χ1n) is 7.14. The molecule has 1 N–H and O–H groups in total. The molecule has 2 heterocycles.